The normalized spacial score (nSPS) is 11.3. The fourth-order valence-electron chi connectivity index (χ4n) is 1.75. The minimum atomic E-state index is -3.07. The number of rotatable bonds is 6. The van der Waals surface area contributed by atoms with Crippen molar-refractivity contribution in [2.45, 2.75) is 12.7 Å². The fraction of sp³-hybridized carbons (Fsp3) is 0.462. The molecule has 0 atom stereocenters. The van der Waals surface area contributed by atoms with E-state index >= 15 is 0 Å². The minimum absolute atomic E-state index is 0.0321. The smallest absolute Gasteiger partial charge is 0.253 e. The van der Waals surface area contributed by atoms with Crippen molar-refractivity contribution in [2.75, 3.05) is 26.0 Å². The van der Waals surface area contributed by atoms with Gasteiger partial charge in [0.05, 0.1) is 12.4 Å². The maximum absolute atomic E-state index is 12.1. The summed E-state index contributed by atoms with van der Waals surface area (Å²) in [6.07, 6.45) is 1.17. The molecule has 0 aliphatic carbocycles. The first kappa shape index (κ1) is 15.7. The molecule has 0 aromatic heterocycles. The highest BCUT2D eigenvalue weighted by molar-refractivity contribution is 7.89. The van der Waals surface area contributed by atoms with Gasteiger partial charge in [-0.05, 0) is 24.6 Å². The molecule has 0 bridgehead atoms. The molecule has 0 aliphatic rings. The van der Waals surface area contributed by atoms with Gasteiger partial charge in [0, 0.05) is 24.9 Å². The highest BCUT2D eigenvalue weighted by atomic mass is 32.2. The van der Waals surface area contributed by atoms with Crippen LogP contribution >= 0.6 is 0 Å². The first-order valence-corrected chi connectivity index (χ1v) is 8.10. The van der Waals surface area contributed by atoms with E-state index in [0.29, 0.717) is 24.2 Å². The monoisotopic (exact) mass is 285 g/mol. The van der Waals surface area contributed by atoms with Gasteiger partial charge < -0.3 is 10.0 Å². The van der Waals surface area contributed by atoms with E-state index in [1.165, 1.54) is 11.2 Å². The Kier molecular flexibility index (Phi) is 5.50. The van der Waals surface area contributed by atoms with Gasteiger partial charge >= 0.3 is 0 Å². The SMILES string of the molecule is CCN(CCO)C(=O)c1ccc(CS(C)(=O)=O)cc1. The second-order valence-corrected chi connectivity index (χ2v) is 6.52. The highest BCUT2D eigenvalue weighted by Crippen LogP contribution is 2.10. The van der Waals surface area contributed by atoms with Crippen LogP contribution in [0.2, 0.25) is 0 Å². The van der Waals surface area contributed by atoms with Crippen LogP contribution in [0.4, 0.5) is 0 Å². The average Bonchev–Trinajstić information content (AvgIpc) is 2.34. The van der Waals surface area contributed by atoms with E-state index in [4.69, 9.17) is 5.11 Å². The standard InChI is InChI=1S/C13H19NO4S/c1-3-14(8-9-15)13(16)12-6-4-11(5-7-12)10-19(2,17)18/h4-7,15H,3,8-10H2,1-2H3. The molecular weight excluding hydrogens is 266 g/mol. The van der Waals surface area contributed by atoms with Gasteiger partial charge in [0.25, 0.3) is 5.91 Å². The molecule has 1 aromatic carbocycles. The predicted molar refractivity (Wildman–Crippen MR) is 73.7 cm³/mol. The van der Waals surface area contributed by atoms with E-state index in [1.54, 1.807) is 24.3 Å². The maximum atomic E-state index is 12.1. The Morgan fingerprint density at radius 2 is 1.84 bits per heavy atom. The molecule has 0 saturated carbocycles. The van der Waals surface area contributed by atoms with Crippen molar-refractivity contribution in [3.63, 3.8) is 0 Å². The van der Waals surface area contributed by atoms with Crippen molar-refractivity contribution in [1.82, 2.24) is 4.90 Å². The van der Waals surface area contributed by atoms with Crippen LogP contribution in [-0.4, -0.2) is 50.3 Å². The van der Waals surface area contributed by atoms with Gasteiger partial charge in [0.2, 0.25) is 0 Å². The number of sulfone groups is 1. The van der Waals surface area contributed by atoms with Crippen LogP contribution in [0, 0.1) is 0 Å². The molecule has 0 unspecified atom stereocenters. The van der Waals surface area contributed by atoms with Crippen LogP contribution in [0.5, 0.6) is 0 Å². The molecule has 0 saturated heterocycles. The fourth-order valence-corrected chi connectivity index (χ4v) is 2.55. The molecule has 0 heterocycles. The molecule has 5 nitrogen and oxygen atoms in total. The Labute approximate surface area is 113 Å². The number of nitrogens with zero attached hydrogens (tertiary/aromatic N) is 1. The van der Waals surface area contributed by atoms with Crippen molar-refractivity contribution >= 4 is 15.7 Å². The number of benzene rings is 1. The van der Waals surface area contributed by atoms with Crippen LogP contribution in [0.25, 0.3) is 0 Å². The van der Waals surface area contributed by atoms with Crippen molar-refractivity contribution in [1.29, 1.82) is 0 Å². The van der Waals surface area contributed by atoms with Crippen LogP contribution < -0.4 is 0 Å². The average molecular weight is 285 g/mol. The van der Waals surface area contributed by atoms with Crippen LogP contribution in [-0.2, 0) is 15.6 Å². The molecule has 0 radical (unpaired) electrons. The van der Waals surface area contributed by atoms with Gasteiger partial charge in [-0.3, -0.25) is 4.79 Å². The molecule has 19 heavy (non-hydrogen) atoms. The molecular formula is C13H19NO4S. The summed E-state index contributed by atoms with van der Waals surface area (Å²) < 4.78 is 22.3. The zero-order valence-electron chi connectivity index (χ0n) is 11.2. The summed E-state index contributed by atoms with van der Waals surface area (Å²) in [5, 5.41) is 8.87. The summed E-state index contributed by atoms with van der Waals surface area (Å²) in [5.74, 6) is -0.197. The Bertz CT molecular complexity index is 522. The molecule has 1 amide bonds. The lowest BCUT2D eigenvalue weighted by atomic mass is 10.1. The van der Waals surface area contributed by atoms with Crippen molar-refractivity contribution in [3.8, 4) is 0 Å². The number of aliphatic hydroxyl groups is 1. The summed E-state index contributed by atoms with van der Waals surface area (Å²) in [6.45, 7) is 2.57. The topological polar surface area (TPSA) is 74.7 Å². The van der Waals surface area contributed by atoms with E-state index < -0.39 is 9.84 Å². The second kappa shape index (κ2) is 6.68. The molecule has 1 rings (SSSR count). The molecule has 6 heteroatoms. The number of carbonyl (C=O) groups excluding carboxylic acids is 1. The van der Waals surface area contributed by atoms with Gasteiger partial charge in [-0.2, -0.15) is 0 Å². The van der Waals surface area contributed by atoms with Gasteiger partial charge in [0.15, 0.2) is 9.84 Å². The van der Waals surface area contributed by atoms with E-state index in [0.717, 1.165) is 0 Å². The highest BCUT2D eigenvalue weighted by Gasteiger charge is 2.13. The lowest BCUT2D eigenvalue weighted by Gasteiger charge is -2.19. The molecule has 1 N–H and O–H groups in total. The zero-order chi connectivity index (χ0) is 14.5. The molecule has 0 fully saturated rings. The first-order chi connectivity index (χ1) is 8.87. The van der Waals surface area contributed by atoms with Crippen LogP contribution in [0.1, 0.15) is 22.8 Å². The summed E-state index contributed by atoms with van der Waals surface area (Å²) in [6, 6.07) is 6.51. The summed E-state index contributed by atoms with van der Waals surface area (Å²) in [5.41, 5.74) is 1.15. The van der Waals surface area contributed by atoms with Crippen molar-refractivity contribution < 1.29 is 18.3 Å². The number of likely N-dealkylation sites (N-methyl/N-ethyl adjacent to an activating group) is 1. The van der Waals surface area contributed by atoms with Crippen LogP contribution in [0.3, 0.4) is 0 Å². The van der Waals surface area contributed by atoms with Gasteiger partial charge in [0.1, 0.15) is 0 Å². The third-order valence-corrected chi connectivity index (χ3v) is 3.53. The number of carbonyl (C=O) groups is 1. The van der Waals surface area contributed by atoms with Crippen molar-refractivity contribution in [3.05, 3.63) is 35.4 Å². The largest absolute Gasteiger partial charge is 0.395 e. The third kappa shape index (κ3) is 5.00. The second-order valence-electron chi connectivity index (χ2n) is 4.38. The zero-order valence-corrected chi connectivity index (χ0v) is 12.0. The van der Waals surface area contributed by atoms with Gasteiger partial charge in [-0.15, -0.1) is 0 Å². The van der Waals surface area contributed by atoms with Crippen molar-refractivity contribution in [2.24, 2.45) is 0 Å². The minimum Gasteiger partial charge on any atom is -0.395 e. The lowest BCUT2D eigenvalue weighted by Crippen LogP contribution is -2.33. The third-order valence-electron chi connectivity index (χ3n) is 2.67. The van der Waals surface area contributed by atoms with E-state index in [9.17, 15) is 13.2 Å². The summed E-state index contributed by atoms with van der Waals surface area (Å²) in [7, 11) is -3.07. The lowest BCUT2D eigenvalue weighted by molar-refractivity contribution is 0.0732. The van der Waals surface area contributed by atoms with E-state index in [1.807, 2.05) is 6.92 Å². The molecule has 0 aliphatic heterocycles. The first-order valence-electron chi connectivity index (χ1n) is 6.04. The number of hydrogen-bond acceptors (Lipinski definition) is 4. The van der Waals surface area contributed by atoms with E-state index in [-0.39, 0.29) is 18.3 Å². The van der Waals surface area contributed by atoms with Gasteiger partial charge in [-0.1, -0.05) is 12.1 Å². The summed E-state index contributed by atoms with van der Waals surface area (Å²) in [4.78, 5) is 13.6. The van der Waals surface area contributed by atoms with Crippen LogP contribution in [0.15, 0.2) is 24.3 Å². The summed E-state index contributed by atoms with van der Waals surface area (Å²) >= 11 is 0. The Hall–Kier alpha value is -1.40. The Morgan fingerprint density at radius 3 is 2.26 bits per heavy atom. The Morgan fingerprint density at radius 1 is 1.26 bits per heavy atom. The molecule has 106 valence electrons. The molecule has 0 spiro atoms. The number of hydrogen-bond donors (Lipinski definition) is 1. The maximum Gasteiger partial charge on any atom is 0.253 e. The quantitative estimate of drug-likeness (QED) is 0.834. The predicted octanol–water partition coefficient (Wildman–Crippen LogP) is 0.686. The van der Waals surface area contributed by atoms with E-state index in [2.05, 4.69) is 0 Å². The Balaban J connectivity index is 2.83. The number of amides is 1. The molecule has 1 aromatic rings. The number of aliphatic hydroxyl groups excluding tert-OH is 1. The van der Waals surface area contributed by atoms with Gasteiger partial charge in [-0.25, -0.2) is 8.42 Å².